The second-order valence-electron chi connectivity index (χ2n) is 2.48. The van der Waals surface area contributed by atoms with Gasteiger partial charge in [0.1, 0.15) is 5.69 Å². The Bertz CT molecular complexity index is 563. The first-order valence-electron chi connectivity index (χ1n) is 3.39. The number of carbonyl (C=O) groups is 1. The van der Waals surface area contributed by atoms with Gasteiger partial charge in [-0.05, 0) is 0 Å². The maximum atomic E-state index is 11.0. The summed E-state index contributed by atoms with van der Waals surface area (Å²) in [6, 6.07) is 0. The van der Waals surface area contributed by atoms with Crippen LogP contribution in [-0.2, 0) is 4.57 Å². The third-order valence-corrected chi connectivity index (χ3v) is 2.43. The molecule has 82 valence electrons. The van der Waals surface area contributed by atoms with E-state index in [1.807, 2.05) is 0 Å². The molecule has 0 bridgehead atoms. The number of hydrogen-bond donors (Lipinski definition) is 5. The number of carboxylic acid groups (broad SMARTS) is 1. The quantitative estimate of drug-likeness (QED) is 0.356. The Balaban J connectivity index is 3.79. The van der Waals surface area contributed by atoms with Crippen molar-refractivity contribution in [1.82, 2.24) is 9.97 Å². The molecule has 0 radical (unpaired) electrons. The average Bonchev–Trinajstić information content (AvgIpc) is 1.99. The normalized spacial score (nSPS) is 11.3. The SMILES string of the molecule is O=C(O)c1[nH]c(=O)[nH]c(=O)c1P(=O)(O)O. The van der Waals surface area contributed by atoms with Gasteiger partial charge in [-0.1, -0.05) is 0 Å². The molecule has 0 aliphatic rings. The number of nitrogens with one attached hydrogen (secondary N) is 2. The highest BCUT2D eigenvalue weighted by atomic mass is 31.2. The number of carboxylic acids is 1. The van der Waals surface area contributed by atoms with E-state index in [9.17, 15) is 18.9 Å². The zero-order valence-electron chi connectivity index (χ0n) is 6.92. The summed E-state index contributed by atoms with van der Waals surface area (Å²) in [6.07, 6.45) is 0. The fourth-order valence-corrected chi connectivity index (χ4v) is 1.68. The van der Waals surface area contributed by atoms with Gasteiger partial charge in [0.25, 0.3) is 5.56 Å². The van der Waals surface area contributed by atoms with Gasteiger partial charge in [0, 0.05) is 0 Å². The summed E-state index contributed by atoms with van der Waals surface area (Å²) in [5.41, 5.74) is -3.70. The first-order chi connectivity index (χ1) is 6.73. The van der Waals surface area contributed by atoms with E-state index in [2.05, 4.69) is 0 Å². The summed E-state index contributed by atoms with van der Waals surface area (Å²) < 4.78 is 10.8. The molecular formula is C5H5N2O7P. The predicted molar refractivity (Wildman–Crippen MR) is 46.3 cm³/mol. The van der Waals surface area contributed by atoms with E-state index < -0.39 is 35.8 Å². The Morgan fingerprint density at radius 1 is 1.20 bits per heavy atom. The van der Waals surface area contributed by atoms with E-state index >= 15 is 0 Å². The molecule has 0 atom stereocenters. The Morgan fingerprint density at radius 2 is 1.73 bits per heavy atom. The van der Waals surface area contributed by atoms with Gasteiger partial charge in [0.05, 0.1) is 0 Å². The fraction of sp³-hybridized carbons (Fsp3) is 0. The van der Waals surface area contributed by atoms with Crippen molar-refractivity contribution in [3.63, 3.8) is 0 Å². The van der Waals surface area contributed by atoms with Crippen LogP contribution >= 0.6 is 7.60 Å². The minimum Gasteiger partial charge on any atom is -0.477 e. The topological polar surface area (TPSA) is 161 Å². The van der Waals surface area contributed by atoms with Crippen molar-refractivity contribution in [2.24, 2.45) is 0 Å². The maximum absolute atomic E-state index is 11.0. The third-order valence-electron chi connectivity index (χ3n) is 1.42. The second kappa shape index (κ2) is 3.46. The minimum atomic E-state index is -5.06. The van der Waals surface area contributed by atoms with E-state index in [4.69, 9.17) is 14.9 Å². The summed E-state index contributed by atoms with van der Waals surface area (Å²) in [5.74, 6) is -1.81. The van der Waals surface area contributed by atoms with Crippen LogP contribution < -0.4 is 16.6 Å². The van der Waals surface area contributed by atoms with Gasteiger partial charge in [-0.15, -0.1) is 0 Å². The van der Waals surface area contributed by atoms with Crippen LogP contribution in [0.25, 0.3) is 0 Å². The zero-order valence-corrected chi connectivity index (χ0v) is 7.82. The molecular weight excluding hydrogens is 231 g/mol. The van der Waals surface area contributed by atoms with Gasteiger partial charge < -0.3 is 19.9 Å². The molecule has 10 heteroatoms. The molecule has 1 rings (SSSR count). The van der Waals surface area contributed by atoms with Crippen LogP contribution in [0.5, 0.6) is 0 Å². The summed E-state index contributed by atoms with van der Waals surface area (Å²) in [7, 11) is -5.06. The third kappa shape index (κ3) is 2.21. The van der Waals surface area contributed by atoms with Crippen molar-refractivity contribution in [2.75, 3.05) is 0 Å². The largest absolute Gasteiger partial charge is 0.477 e. The van der Waals surface area contributed by atoms with Gasteiger partial charge in [-0.2, -0.15) is 0 Å². The molecule has 0 saturated heterocycles. The molecule has 9 nitrogen and oxygen atoms in total. The molecule has 0 fully saturated rings. The first kappa shape index (κ1) is 11.4. The highest BCUT2D eigenvalue weighted by Crippen LogP contribution is 2.31. The molecule has 5 N–H and O–H groups in total. The molecule has 15 heavy (non-hydrogen) atoms. The first-order valence-corrected chi connectivity index (χ1v) is 5.00. The molecule has 0 aromatic carbocycles. The van der Waals surface area contributed by atoms with Crippen molar-refractivity contribution in [2.45, 2.75) is 0 Å². The van der Waals surface area contributed by atoms with E-state index in [0.29, 0.717) is 0 Å². The average molecular weight is 236 g/mol. The monoisotopic (exact) mass is 236 g/mol. The van der Waals surface area contributed by atoms with Crippen LogP contribution in [0.1, 0.15) is 10.5 Å². The van der Waals surface area contributed by atoms with Gasteiger partial charge in [0.2, 0.25) is 0 Å². The number of H-pyrrole nitrogens is 2. The van der Waals surface area contributed by atoms with Gasteiger partial charge in [-0.3, -0.25) is 14.3 Å². The molecule has 0 unspecified atom stereocenters. The molecule has 1 aromatic heterocycles. The highest BCUT2D eigenvalue weighted by Gasteiger charge is 2.30. The molecule has 1 aromatic rings. The van der Waals surface area contributed by atoms with Crippen molar-refractivity contribution in [3.05, 3.63) is 26.5 Å². The number of aromatic carboxylic acids is 1. The van der Waals surface area contributed by atoms with Crippen LogP contribution in [0.2, 0.25) is 0 Å². The molecule has 0 spiro atoms. The van der Waals surface area contributed by atoms with Crippen molar-refractivity contribution in [1.29, 1.82) is 0 Å². The van der Waals surface area contributed by atoms with Crippen LogP contribution in [0.3, 0.4) is 0 Å². The van der Waals surface area contributed by atoms with Crippen LogP contribution in [0.4, 0.5) is 0 Å². The van der Waals surface area contributed by atoms with E-state index in [-0.39, 0.29) is 0 Å². The van der Waals surface area contributed by atoms with Crippen LogP contribution in [0.15, 0.2) is 9.59 Å². The lowest BCUT2D eigenvalue weighted by atomic mass is 10.4. The zero-order chi connectivity index (χ0) is 11.8. The van der Waals surface area contributed by atoms with Crippen molar-refractivity contribution < 1.29 is 24.3 Å². The number of rotatable bonds is 2. The molecule has 0 amide bonds. The van der Waals surface area contributed by atoms with E-state index in [0.717, 1.165) is 0 Å². The fourth-order valence-electron chi connectivity index (χ4n) is 0.913. The number of aromatic amines is 2. The molecule has 0 aliphatic heterocycles. The van der Waals surface area contributed by atoms with Crippen LogP contribution in [0, 0.1) is 0 Å². The van der Waals surface area contributed by atoms with Gasteiger partial charge in [0.15, 0.2) is 5.30 Å². The van der Waals surface area contributed by atoms with Crippen LogP contribution in [-0.4, -0.2) is 30.8 Å². The highest BCUT2D eigenvalue weighted by molar-refractivity contribution is 7.60. The number of aromatic nitrogens is 2. The smallest absolute Gasteiger partial charge is 0.364 e. The van der Waals surface area contributed by atoms with Crippen molar-refractivity contribution >= 4 is 18.9 Å². The summed E-state index contributed by atoms with van der Waals surface area (Å²) >= 11 is 0. The Kier molecular flexibility index (Phi) is 2.63. The lowest BCUT2D eigenvalue weighted by Crippen LogP contribution is -2.40. The van der Waals surface area contributed by atoms with E-state index in [1.54, 1.807) is 4.98 Å². The van der Waals surface area contributed by atoms with Gasteiger partial charge >= 0.3 is 19.3 Å². The molecule has 0 saturated carbocycles. The standard InChI is InChI=1S/C5H5N2O7P/c8-3-2(15(12,13)14)1(4(9)10)6-5(11)7-3/h(H,9,10)(H2,12,13,14)(H2,6,7,8,11). The molecule has 1 heterocycles. The number of hydrogen-bond acceptors (Lipinski definition) is 4. The second-order valence-corrected chi connectivity index (χ2v) is 4.02. The lowest BCUT2D eigenvalue weighted by Gasteiger charge is -2.04. The Morgan fingerprint density at radius 3 is 2.13 bits per heavy atom. The minimum absolute atomic E-state index is 1.11. The summed E-state index contributed by atoms with van der Waals surface area (Å²) in [6.45, 7) is 0. The summed E-state index contributed by atoms with van der Waals surface area (Å²) in [4.78, 5) is 52.7. The predicted octanol–water partition coefficient (Wildman–Crippen LogP) is -2.44. The Hall–Kier alpha value is -1.70. The van der Waals surface area contributed by atoms with Gasteiger partial charge in [-0.25, -0.2) is 9.59 Å². The van der Waals surface area contributed by atoms with Crippen molar-refractivity contribution in [3.8, 4) is 0 Å². The Labute approximate surface area is 80.6 Å². The van der Waals surface area contributed by atoms with E-state index in [1.165, 1.54) is 4.98 Å². The maximum Gasteiger partial charge on any atom is 0.364 e. The lowest BCUT2D eigenvalue weighted by molar-refractivity contribution is 0.0690. The summed E-state index contributed by atoms with van der Waals surface area (Å²) in [5, 5.41) is 7.24. The molecule has 0 aliphatic carbocycles.